The first-order valence-electron chi connectivity index (χ1n) is 9.96. The van der Waals surface area contributed by atoms with E-state index in [1.807, 2.05) is 6.92 Å². The van der Waals surface area contributed by atoms with Gasteiger partial charge < -0.3 is 15.1 Å². The molecule has 0 spiro atoms. The molecule has 0 saturated heterocycles. The minimum absolute atomic E-state index is 0.0746. The van der Waals surface area contributed by atoms with E-state index in [0.29, 0.717) is 12.3 Å². The lowest BCUT2D eigenvalue weighted by molar-refractivity contribution is -0.138. The Bertz CT molecular complexity index is 694. The normalized spacial score (nSPS) is 18.8. The van der Waals surface area contributed by atoms with E-state index in [1.54, 1.807) is 0 Å². The highest BCUT2D eigenvalue weighted by Crippen LogP contribution is 2.42. The number of carbonyl (C=O) groups is 1. The molecule has 0 radical (unpaired) electrons. The molecule has 1 saturated carbocycles. The molecule has 2 atom stereocenters. The third kappa shape index (κ3) is 7.40. The third-order valence-corrected chi connectivity index (χ3v) is 7.47. The zero-order valence-corrected chi connectivity index (χ0v) is 17.4. The fourth-order valence-electron chi connectivity index (χ4n) is 4.30. The molecule has 0 aliphatic heterocycles. The van der Waals surface area contributed by atoms with Gasteiger partial charge in [0, 0.05) is 6.16 Å². The van der Waals surface area contributed by atoms with Crippen molar-refractivity contribution in [2.45, 2.75) is 71.3 Å². The van der Waals surface area contributed by atoms with Crippen LogP contribution in [-0.2, 0) is 22.2 Å². The number of benzene rings is 1. The Hall–Kier alpha value is -1.16. The number of aliphatic carboxylic acids is 1. The molecule has 1 fully saturated rings. The minimum Gasteiger partial charge on any atom is -0.481 e. The summed E-state index contributed by atoms with van der Waals surface area (Å²) in [6.45, 7) is 4.13. The largest absolute Gasteiger partial charge is 0.481 e. The molecule has 27 heavy (non-hydrogen) atoms. The van der Waals surface area contributed by atoms with Crippen molar-refractivity contribution in [1.29, 1.82) is 0 Å². The fraction of sp³-hybridized carbons (Fsp3) is 0.667. The monoisotopic (exact) mass is 396 g/mol. The minimum atomic E-state index is -3.58. The van der Waals surface area contributed by atoms with Gasteiger partial charge in [0.2, 0.25) is 7.37 Å². The lowest BCUT2D eigenvalue weighted by Crippen LogP contribution is -2.19. The summed E-state index contributed by atoms with van der Waals surface area (Å²) in [7, 11) is -3.58. The van der Waals surface area contributed by atoms with Crippen LogP contribution in [0.5, 0.6) is 0 Å². The average molecular weight is 396 g/mol. The molecule has 0 amide bonds. The number of carboxylic acids is 1. The van der Waals surface area contributed by atoms with Crippen LogP contribution in [0.1, 0.15) is 60.8 Å². The predicted octanol–water partition coefficient (Wildman–Crippen LogP) is 4.07. The second kappa shape index (κ2) is 9.86. The molecule has 2 unspecified atom stereocenters. The third-order valence-electron chi connectivity index (χ3n) is 5.56. The Labute approximate surface area is 162 Å². The van der Waals surface area contributed by atoms with E-state index in [2.05, 4.69) is 19.1 Å². The summed E-state index contributed by atoms with van der Waals surface area (Å²) in [6.07, 6.45) is 5.86. The van der Waals surface area contributed by atoms with E-state index in [4.69, 9.17) is 5.11 Å². The van der Waals surface area contributed by atoms with Crippen LogP contribution in [0.3, 0.4) is 0 Å². The van der Waals surface area contributed by atoms with E-state index < -0.39 is 25.9 Å². The van der Waals surface area contributed by atoms with Crippen LogP contribution in [0.4, 0.5) is 0 Å². The Morgan fingerprint density at radius 3 is 2.52 bits per heavy atom. The zero-order chi connectivity index (χ0) is 20.0. The average Bonchev–Trinajstić information content (AvgIpc) is 2.53. The number of carboxylic acid groups (broad SMARTS) is 1. The second-order valence-electron chi connectivity index (χ2n) is 8.18. The van der Waals surface area contributed by atoms with Gasteiger partial charge in [0.1, 0.15) is 0 Å². The Morgan fingerprint density at radius 2 is 1.89 bits per heavy atom. The zero-order valence-electron chi connectivity index (χ0n) is 16.5. The summed E-state index contributed by atoms with van der Waals surface area (Å²) in [5.41, 5.74) is 4.79. The number of aryl methyl sites for hydroxylation is 2. The van der Waals surface area contributed by atoms with Crippen LogP contribution in [0, 0.1) is 19.8 Å². The number of hydrogen-bond donors (Lipinski definition) is 3. The van der Waals surface area contributed by atoms with Crippen LogP contribution in [0.15, 0.2) is 12.1 Å². The summed E-state index contributed by atoms with van der Waals surface area (Å²) < 4.78 is 12.5. The molecular formula is C21H33O5P. The van der Waals surface area contributed by atoms with Crippen molar-refractivity contribution in [2.75, 3.05) is 12.3 Å². The van der Waals surface area contributed by atoms with Crippen molar-refractivity contribution >= 4 is 13.3 Å². The van der Waals surface area contributed by atoms with Gasteiger partial charge in [0.15, 0.2) is 0 Å². The summed E-state index contributed by atoms with van der Waals surface area (Å²) in [5, 5.41) is 18.4. The van der Waals surface area contributed by atoms with Gasteiger partial charge in [-0.1, -0.05) is 49.8 Å². The Morgan fingerprint density at radius 1 is 1.22 bits per heavy atom. The smallest absolute Gasteiger partial charge is 0.305 e. The SMILES string of the molecule is Cc1cc(C)c(CCP(=O)(O)CC(O)CC(=O)O)c(CC2CCCCC2)c1. The van der Waals surface area contributed by atoms with Crippen molar-refractivity contribution in [3.63, 3.8) is 0 Å². The highest BCUT2D eigenvalue weighted by atomic mass is 31.2. The highest BCUT2D eigenvalue weighted by Gasteiger charge is 2.25. The molecule has 0 aromatic heterocycles. The summed E-state index contributed by atoms with van der Waals surface area (Å²) >= 11 is 0. The van der Waals surface area contributed by atoms with Crippen molar-refractivity contribution < 1.29 is 24.5 Å². The van der Waals surface area contributed by atoms with Crippen LogP contribution in [0.25, 0.3) is 0 Å². The van der Waals surface area contributed by atoms with Gasteiger partial charge in [-0.2, -0.15) is 0 Å². The van der Waals surface area contributed by atoms with E-state index in [9.17, 15) is 19.4 Å². The second-order valence-corrected chi connectivity index (χ2v) is 10.7. The van der Waals surface area contributed by atoms with Gasteiger partial charge in [-0.25, -0.2) is 0 Å². The predicted molar refractivity (Wildman–Crippen MR) is 108 cm³/mol. The first-order valence-corrected chi connectivity index (χ1v) is 12.0. The quantitative estimate of drug-likeness (QED) is 0.547. The molecule has 0 bridgehead atoms. The number of aliphatic hydroxyl groups is 1. The van der Waals surface area contributed by atoms with Crippen molar-refractivity contribution in [3.05, 3.63) is 34.4 Å². The lowest BCUT2D eigenvalue weighted by Gasteiger charge is -2.24. The Kier molecular flexibility index (Phi) is 8.08. The van der Waals surface area contributed by atoms with Gasteiger partial charge in [0.25, 0.3) is 0 Å². The molecule has 6 heteroatoms. The molecule has 3 N–H and O–H groups in total. The van der Waals surface area contributed by atoms with Crippen LogP contribution >= 0.6 is 7.37 Å². The van der Waals surface area contributed by atoms with Crippen molar-refractivity contribution in [1.82, 2.24) is 0 Å². The molecule has 1 aromatic rings. The van der Waals surface area contributed by atoms with Gasteiger partial charge in [-0.15, -0.1) is 0 Å². The molecule has 1 aliphatic rings. The van der Waals surface area contributed by atoms with E-state index in [1.165, 1.54) is 43.2 Å². The topological polar surface area (TPSA) is 94.8 Å². The maximum atomic E-state index is 12.5. The van der Waals surface area contributed by atoms with Crippen LogP contribution < -0.4 is 0 Å². The fourth-order valence-corrected chi connectivity index (χ4v) is 5.84. The first-order chi connectivity index (χ1) is 12.7. The summed E-state index contributed by atoms with van der Waals surface area (Å²) in [4.78, 5) is 20.9. The molecule has 2 rings (SSSR count). The van der Waals surface area contributed by atoms with Gasteiger partial charge in [0.05, 0.1) is 18.7 Å². The first kappa shape index (κ1) is 22.1. The van der Waals surface area contributed by atoms with Crippen LogP contribution in [0.2, 0.25) is 0 Å². The number of rotatable bonds is 9. The number of aliphatic hydroxyl groups excluding tert-OH is 1. The van der Waals surface area contributed by atoms with E-state index in [-0.39, 0.29) is 12.3 Å². The lowest BCUT2D eigenvalue weighted by atomic mass is 9.82. The maximum absolute atomic E-state index is 12.5. The maximum Gasteiger partial charge on any atom is 0.305 e. The van der Waals surface area contributed by atoms with Crippen molar-refractivity contribution in [2.24, 2.45) is 5.92 Å². The van der Waals surface area contributed by atoms with E-state index in [0.717, 1.165) is 17.5 Å². The van der Waals surface area contributed by atoms with E-state index >= 15 is 0 Å². The molecule has 152 valence electrons. The van der Waals surface area contributed by atoms with Gasteiger partial charge >= 0.3 is 5.97 Å². The molecule has 5 nitrogen and oxygen atoms in total. The molecule has 1 aromatic carbocycles. The standard InChI is InChI=1S/C21H33O5P/c1-15-10-16(2)20(18(11-15)12-17-6-4-3-5-7-17)8-9-27(25,26)14-19(22)13-21(23)24/h10-11,17,19,22H,3-9,12-14H2,1-2H3,(H,23,24)(H,25,26). The molecule has 0 heterocycles. The van der Waals surface area contributed by atoms with Crippen LogP contribution in [-0.4, -0.2) is 39.5 Å². The van der Waals surface area contributed by atoms with Gasteiger partial charge in [-0.05, 0) is 49.3 Å². The Balaban J connectivity index is 2.07. The van der Waals surface area contributed by atoms with Crippen molar-refractivity contribution in [3.8, 4) is 0 Å². The molecular weight excluding hydrogens is 363 g/mol. The summed E-state index contributed by atoms with van der Waals surface area (Å²) in [6, 6.07) is 4.32. The molecule has 1 aliphatic carbocycles. The van der Waals surface area contributed by atoms with Gasteiger partial charge in [-0.3, -0.25) is 9.36 Å². The summed E-state index contributed by atoms with van der Waals surface area (Å²) in [5.74, 6) is -0.469. The highest BCUT2D eigenvalue weighted by molar-refractivity contribution is 7.58. The number of hydrogen-bond acceptors (Lipinski definition) is 3.